The number of nitrogens with one attached hydrogen (secondary N) is 1. The van der Waals surface area contributed by atoms with E-state index in [4.69, 9.17) is 4.89 Å². The average Bonchev–Trinajstić information content (AvgIpc) is 2.77. The molecule has 36 heavy (non-hydrogen) atoms. The van der Waals surface area contributed by atoms with Crippen LogP contribution in [0.25, 0.3) is 0 Å². The maximum Gasteiger partial charge on any atom is 0.245 e. The second-order valence-electron chi connectivity index (χ2n) is 10.9. The smallest absolute Gasteiger partial charge is 0.245 e. The molecular weight excluding hydrogens is 480 g/mol. The van der Waals surface area contributed by atoms with Crippen molar-refractivity contribution in [3.63, 3.8) is 0 Å². The summed E-state index contributed by atoms with van der Waals surface area (Å²) >= 11 is 0. The molecule has 0 saturated heterocycles. The van der Waals surface area contributed by atoms with E-state index in [1.807, 2.05) is 6.92 Å². The molecule has 0 bridgehead atoms. The quantitative estimate of drug-likeness (QED) is 0.0426. The van der Waals surface area contributed by atoms with Crippen LogP contribution in [-0.2, 0) is 24.4 Å². The molecule has 5 N–H and O–H groups in total. The number of amides is 1. The monoisotopic (exact) mass is 538 g/mol. The van der Waals surface area contributed by atoms with Crippen molar-refractivity contribution >= 4 is 16.3 Å². The van der Waals surface area contributed by atoms with E-state index in [2.05, 4.69) is 23.5 Å². The van der Waals surface area contributed by atoms with Crippen molar-refractivity contribution in [1.29, 1.82) is 0 Å². The zero-order chi connectivity index (χ0) is 26.6. The molecule has 0 aromatic heterocycles. The predicted molar refractivity (Wildman–Crippen MR) is 147 cm³/mol. The van der Waals surface area contributed by atoms with Crippen LogP contribution in [0.4, 0.5) is 0 Å². The molecule has 0 rings (SSSR count). The first-order valence-corrected chi connectivity index (χ1v) is 15.4. The number of quaternary nitrogens is 1. The van der Waals surface area contributed by atoms with Gasteiger partial charge in [0.1, 0.15) is 5.60 Å². The first kappa shape index (κ1) is 37.4. The predicted octanol–water partition coefficient (Wildman–Crippen LogP) is 7.59. The Bertz CT molecular complexity index is 626. The molecule has 1 unspecified atom stereocenters. The van der Waals surface area contributed by atoms with E-state index in [-0.39, 0.29) is 18.0 Å². The van der Waals surface area contributed by atoms with Crippen molar-refractivity contribution in [3.8, 4) is 0 Å². The van der Waals surface area contributed by atoms with E-state index in [0.29, 0.717) is 13.0 Å². The lowest BCUT2D eigenvalue weighted by molar-refractivity contribution is -0.298. The van der Waals surface area contributed by atoms with Gasteiger partial charge in [0.25, 0.3) is 0 Å². The van der Waals surface area contributed by atoms with Crippen LogP contribution in [0.15, 0.2) is 0 Å². The third-order valence-electron chi connectivity index (χ3n) is 6.79. The van der Waals surface area contributed by atoms with Gasteiger partial charge in [0.15, 0.2) is 0 Å². The minimum atomic E-state index is -4.89. The summed E-state index contributed by atoms with van der Waals surface area (Å²) < 4.78 is 35.9. The fourth-order valence-electron chi connectivity index (χ4n) is 4.51. The van der Waals surface area contributed by atoms with E-state index in [0.717, 1.165) is 38.0 Å². The summed E-state index contributed by atoms with van der Waals surface area (Å²) in [6.07, 6.45) is 19.6. The third-order valence-corrected chi connectivity index (χ3v) is 7.03. The zero-order valence-corrected chi connectivity index (χ0v) is 25.1. The van der Waals surface area contributed by atoms with Crippen LogP contribution < -0.4 is 11.5 Å². The molecule has 218 valence electrons. The normalized spacial score (nSPS) is 13.0. The molecule has 0 aliphatic heterocycles. The summed E-state index contributed by atoms with van der Waals surface area (Å²) in [5.41, 5.74) is -0.913. The Kier molecular flexibility index (Phi) is 23.1. The molecule has 1 atom stereocenters. The Morgan fingerprint density at radius 1 is 0.833 bits per heavy atom. The highest BCUT2D eigenvalue weighted by Crippen LogP contribution is 2.29. The molecule has 0 aromatic carbocycles. The molecule has 0 radical (unpaired) electrons. The van der Waals surface area contributed by atoms with E-state index < -0.39 is 16.0 Å². The van der Waals surface area contributed by atoms with Gasteiger partial charge in [-0.1, -0.05) is 104 Å². The van der Waals surface area contributed by atoms with Crippen molar-refractivity contribution in [2.45, 2.75) is 149 Å². The maximum atomic E-state index is 12.0. The lowest BCUT2D eigenvalue weighted by atomic mass is 9.85. The lowest BCUT2D eigenvalue weighted by Crippen LogP contribution is -2.36. The van der Waals surface area contributed by atoms with Gasteiger partial charge in [-0.3, -0.25) is 4.79 Å². The molecule has 0 spiro atoms. The molecule has 0 aliphatic rings. The van der Waals surface area contributed by atoms with Gasteiger partial charge in [-0.25, -0.2) is 13.3 Å². The van der Waals surface area contributed by atoms with E-state index in [1.54, 1.807) is 13.8 Å². The number of hydrogen-bond donors (Lipinski definition) is 2. The fraction of sp³-hybridized carbons (Fsp3) is 0.963. The minimum absolute atomic E-state index is 0. The van der Waals surface area contributed by atoms with Gasteiger partial charge in [0.2, 0.25) is 16.3 Å². The van der Waals surface area contributed by atoms with Gasteiger partial charge in [-0.15, -0.1) is 4.33 Å². The van der Waals surface area contributed by atoms with Crippen LogP contribution in [0.1, 0.15) is 144 Å². The highest BCUT2D eigenvalue weighted by atomic mass is 32.3. The van der Waals surface area contributed by atoms with Crippen molar-refractivity contribution < 1.29 is 27.0 Å². The van der Waals surface area contributed by atoms with Crippen LogP contribution >= 0.6 is 0 Å². The summed E-state index contributed by atoms with van der Waals surface area (Å²) in [6, 6.07) is 0. The molecule has 9 heteroatoms. The van der Waals surface area contributed by atoms with E-state index >= 15 is 0 Å². The van der Waals surface area contributed by atoms with Crippen LogP contribution in [-0.4, -0.2) is 31.0 Å². The first-order valence-electron chi connectivity index (χ1n) is 14.1. The maximum absolute atomic E-state index is 12.0. The van der Waals surface area contributed by atoms with Crippen LogP contribution in [0.5, 0.6) is 0 Å². The van der Waals surface area contributed by atoms with Gasteiger partial charge in [-0.05, 0) is 44.9 Å². The number of carbonyl (C=O) groups is 1. The molecule has 8 nitrogen and oxygen atoms in total. The van der Waals surface area contributed by atoms with Crippen molar-refractivity contribution in [1.82, 2.24) is 11.5 Å². The Morgan fingerprint density at radius 2 is 1.31 bits per heavy atom. The van der Waals surface area contributed by atoms with Gasteiger partial charge >= 0.3 is 0 Å². The van der Waals surface area contributed by atoms with Crippen LogP contribution in [0, 0.1) is 11.8 Å². The largest absolute Gasteiger partial charge is 0.724 e. The molecule has 0 heterocycles. The van der Waals surface area contributed by atoms with Crippen LogP contribution in [0.2, 0.25) is 0 Å². The third kappa shape index (κ3) is 23.6. The molecule has 0 saturated carbocycles. The van der Waals surface area contributed by atoms with Gasteiger partial charge in [-0.2, -0.15) is 0 Å². The van der Waals surface area contributed by atoms with Crippen molar-refractivity contribution in [3.05, 3.63) is 0 Å². The number of carbonyl (C=O) groups excluding carboxylic acids is 1. The van der Waals surface area contributed by atoms with E-state index in [1.165, 1.54) is 70.6 Å². The zero-order valence-electron chi connectivity index (χ0n) is 24.2. The summed E-state index contributed by atoms with van der Waals surface area (Å²) in [7, 11) is -4.89. The second-order valence-corrected chi connectivity index (χ2v) is 11.9. The molecule has 0 aromatic rings. The summed E-state index contributed by atoms with van der Waals surface area (Å²) in [6.45, 7) is 10.5. The Morgan fingerprint density at radius 3 is 1.75 bits per heavy atom. The highest BCUT2D eigenvalue weighted by molar-refractivity contribution is 7.80. The topological polar surface area (TPSA) is 141 Å². The van der Waals surface area contributed by atoms with Crippen molar-refractivity contribution in [2.75, 3.05) is 6.54 Å². The summed E-state index contributed by atoms with van der Waals surface area (Å²) in [5.74, 6) is 0.923. The summed E-state index contributed by atoms with van der Waals surface area (Å²) in [5, 5.41) is 2.96. The van der Waals surface area contributed by atoms with Crippen LogP contribution in [0.3, 0.4) is 0 Å². The SMILES string of the molecule is CCC(CCCNC(=O)CCCCCCCCCCCCCCC(C)C)C(C)(C)OOS(=O)(=O)[O-].[NH4+]. The van der Waals surface area contributed by atoms with Gasteiger partial charge < -0.3 is 16.0 Å². The average molecular weight is 539 g/mol. The standard InChI is InChI=1S/C27H55NO6S.H3N/c1-6-25(27(4,5)33-34-35(30,31)32)21-19-23-28-26(29)22-18-16-14-12-10-8-7-9-11-13-15-17-20-24(2)3;/h24-25H,6-23H2,1-5H3,(H,28,29)(H,30,31,32);1H3. The highest BCUT2D eigenvalue weighted by Gasteiger charge is 2.31. The lowest BCUT2D eigenvalue weighted by Gasteiger charge is -2.32. The first-order chi connectivity index (χ1) is 16.5. The molecule has 1 amide bonds. The van der Waals surface area contributed by atoms with Crippen molar-refractivity contribution in [2.24, 2.45) is 11.8 Å². The Labute approximate surface area is 222 Å². The number of rotatable bonds is 24. The minimum Gasteiger partial charge on any atom is -0.724 e. The molecular formula is C27H58N2O6S. The second kappa shape index (κ2) is 22.3. The Hall–Kier alpha value is -0.740. The summed E-state index contributed by atoms with van der Waals surface area (Å²) in [4.78, 5) is 16.9. The van der Waals surface area contributed by atoms with Gasteiger partial charge in [0.05, 0.1) is 0 Å². The number of hydrogen-bond acceptors (Lipinski definition) is 6. The van der Waals surface area contributed by atoms with E-state index in [9.17, 15) is 17.8 Å². The molecule has 0 aliphatic carbocycles. The Balaban J connectivity index is 0. The number of unbranched alkanes of at least 4 members (excludes halogenated alkanes) is 11. The van der Waals surface area contributed by atoms with Gasteiger partial charge in [0, 0.05) is 13.0 Å². The fourth-order valence-corrected chi connectivity index (χ4v) is 4.77. The molecule has 0 fully saturated rings.